The van der Waals surface area contributed by atoms with Gasteiger partial charge in [-0.1, -0.05) is 48.0 Å². The quantitative estimate of drug-likeness (QED) is 0.411. The fourth-order valence-electron chi connectivity index (χ4n) is 4.95. The highest BCUT2D eigenvalue weighted by Gasteiger charge is 2.23. The summed E-state index contributed by atoms with van der Waals surface area (Å²) in [6, 6.07) is 17.5. The number of benzene rings is 2. The number of rotatable bonds is 4. The molecule has 0 N–H and O–H groups in total. The molecule has 1 aliphatic rings. The Hall–Kier alpha value is -3.47. The highest BCUT2D eigenvalue weighted by atomic mass is 15.3. The van der Waals surface area contributed by atoms with Crippen LogP contribution < -0.4 is 9.80 Å². The van der Waals surface area contributed by atoms with Crippen LogP contribution in [0.25, 0.3) is 10.9 Å². The Bertz CT molecular complexity index is 1340. The van der Waals surface area contributed by atoms with Crippen LogP contribution in [0.1, 0.15) is 39.3 Å². The van der Waals surface area contributed by atoms with Gasteiger partial charge in [0.2, 0.25) is 0 Å². The second kappa shape index (κ2) is 9.05. The van der Waals surface area contributed by atoms with E-state index >= 15 is 0 Å². The highest BCUT2D eigenvalue weighted by molar-refractivity contribution is 5.86. The molecule has 0 saturated carbocycles. The first kappa shape index (κ1) is 22.3. The normalized spacial score (nSPS) is 14.1. The van der Waals surface area contributed by atoms with Gasteiger partial charge < -0.3 is 9.80 Å². The largest absolute Gasteiger partial charge is 0.353 e. The van der Waals surface area contributed by atoms with Gasteiger partial charge in [0, 0.05) is 49.2 Å². The molecule has 5 heteroatoms. The zero-order valence-corrected chi connectivity index (χ0v) is 20.9. The first-order chi connectivity index (χ1) is 16.4. The van der Waals surface area contributed by atoms with Gasteiger partial charge in [0.25, 0.3) is 0 Å². The van der Waals surface area contributed by atoms with Crippen molar-refractivity contribution in [1.29, 1.82) is 0 Å². The van der Waals surface area contributed by atoms with Crippen molar-refractivity contribution in [3.05, 3.63) is 87.9 Å². The molecule has 34 heavy (non-hydrogen) atoms. The van der Waals surface area contributed by atoms with Crippen molar-refractivity contribution in [1.82, 2.24) is 15.0 Å². The lowest BCUT2D eigenvalue weighted by Crippen LogP contribution is -2.47. The molecule has 5 nitrogen and oxygen atoms in total. The maximum Gasteiger partial charge on any atom is 0.136 e. The van der Waals surface area contributed by atoms with Gasteiger partial charge in [-0.15, -0.1) is 0 Å². The Morgan fingerprint density at radius 3 is 2.18 bits per heavy atom. The lowest BCUT2D eigenvalue weighted by atomic mass is 10.0. The van der Waals surface area contributed by atoms with E-state index in [9.17, 15) is 0 Å². The van der Waals surface area contributed by atoms with Gasteiger partial charge in [-0.25, -0.2) is 15.0 Å². The van der Waals surface area contributed by atoms with E-state index in [0.717, 1.165) is 61.3 Å². The van der Waals surface area contributed by atoms with Gasteiger partial charge in [0.05, 0.1) is 5.52 Å². The molecule has 174 valence electrons. The van der Waals surface area contributed by atoms with Gasteiger partial charge in [0.1, 0.15) is 17.5 Å². The molecule has 0 unspecified atom stereocenters. The van der Waals surface area contributed by atoms with E-state index in [2.05, 4.69) is 86.0 Å². The zero-order valence-electron chi connectivity index (χ0n) is 20.9. The Kier molecular flexibility index (Phi) is 5.94. The van der Waals surface area contributed by atoms with E-state index in [4.69, 9.17) is 15.0 Å². The summed E-state index contributed by atoms with van der Waals surface area (Å²) in [5.41, 5.74) is 8.52. The summed E-state index contributed by atoms with van der Waals surface area (Å²) in [4.78, 5) is 19.5. The van der Waals surface area contributed by atoms with Crippen LogP contribution in [0, 0.1) is 34.6 Å². The maximum atomic E-state index is 5.05. The topological polar surface area (TPSA) is 45.2 Å². The molecule has 0 bridgehead atoms. The number of piperazine rings is 1. The molecule has 0 amide bonds. The van der Waals surface area contributed by atoms with Crippen molar-refractivity contribution >= 4 is 22.5 Å². The number of hydrogen-bond donors (Lipinski definition) is 0. The number of anilines is 2. The first-order valence-corrected chi connectivity index (χ1v) is 12.2. The first-order valence-electron chi connectivity index (χ1n) is 12.2. The van der Waals surface area contributed by atoms with Gasteiger partial charge >= 0.3 is 0 Å². The molecule has 5 rings (SSSR count). The van der Waals surface area contributed by atoms with E-state index in [-0.39, 0.29) is 0 Å². The second-order valence-corrected chi connectivity index (χ2v) is 9.56. The highest BCUT2D eigenvalue weighted by Crippen LogP contribution is 2.28. The number of nitrogens with zero attached hydrogens (tertiary/aromatic N) is 5. The van der Waals surface area contributed by atoms with Crippen LogP contribution >= 0.6 is 0 Å². The van der Waals surface area contributed by atoms with Crippen molar-refractivity contribution in [3.63, 3.8) is 0 Å². The molecule has 0 aliphatic carbocycles. The molecule has 0 atom stereocenters. The van der Waals surface area contributed by atoms with Crippen LogP contribution in [0.5, 0.6) is 0 Å². The van der Waals surface area contributed by atoms with E-state index < -0.39 is 0 Å². The molecule has 0 radical (unpaired) electrons. The lowest BCUT2D eigenvalue weighted by molar-refractivity contribution is 0.637. The number of aryl methyl sites for hydroxylation is 5. The third kappa shape index (κ3) is 4.35. The van der Waals surface area contributed by atoms with Crippen molar-refractivity contribution in [2.75, 3.05) is 36.0 Å². The van der Waals surface area contributed by atoms with Gasteiger partial charge in [-0.3, -0.25) is 0 Å². The minimum absolute atomic E-state index is 0.838. The minimum Gasteiger partial charge on any atom is -0.353 e. The second-order valence-electron chi connectivity index (χ2n) is 9.56. The molecule has 2 aromatic carbocycles. The van der Waals surface area contributed by atoms with Crippen LogP contribution in [0.15, 0.2) is 48.5 Å². The van der Waals surface area contributed by atoms with Crippen molar-refractivity contribution in [2.24, 2.45) is 0 Å². The summed E-state index contributed by atoms with van der Waals surface area (Å²) in [5.74, 6) is 3.00. The molecule has 1 saturated heterocycles. The number of fused-ring (bicyclic) bond motifs is 1. The van der Waals surface area contributed by atoms with Gasteiger partial charge in [-0.2, -0.15) is 0 Å². The van der Waals surface area contributed by atoms with Crippen molar-refractivity contribution in [3.8, 4) is 0 Å². The zero-order chi connectivity index (χ0) is 23.8. The fraction of sp³-hybridized carbons (Fsp3) is 0.345. The van der Waals surface area contributed by atoms with Gasteiger partial charge in [-0.05, 0) is 57.4 Å². The molecule has 2 aromatic heterocycles. The number of pyridine rings is 1. The number of aromatic nitrogens is 3. The monoisotopic (exact) mass is 451 g/mol. The fourth-order valence-corrected chi connectivity index (χ4v) is 4.95. The van der Waals surface area contributed by atoms with Crippen LogP contribution in [-0.2, 0) is 6.42 Å². The van der Waals surface area contributed by atoms with Crippen LogP contribution in [0.4, 0.5) is 11.6 Å². The summed E-state index contributed by atoms with van der Waals surface area (Å²) in [6.07, 6.45) is 0.854. The average Bonchev–Trinajstić information content (AvgIpc) is 2.82. The smallest absolute Gasteiger partial charge is 0.136 e. The minimum atomic E-state index is 0.838. The summed E-state index contributed by atoms with van der Waals surface area (Å²) >= 11 is 0. The Labute approximate surface area is 202 Å². The summed E-state index contributed by atoms with van der Waals surface area (Å²) in [6.45, 7) is 14.3. The van der Waals surface area contributed by atoms with E-state index in [1.54, 1.807) is 0 Å². The van der Waals surface area contributed by atoms with Crippen molar-refractivity contribution in [2.45, 2.75) is 41.0 Å². The molecule has 1 fully saturated rings. The number of hydrogen-bond acceptors (Lipinski definition) is 5. The molecule has 3 heterocycles. The third-order valence-electron chi connectivity index (χ3n) is 6.94. The van der Waals surface area contributed by atoms with Crippen LogP contribution in [0.2, 0.25) is 0 Å². The predicted molar refractivity (Wildman–Crippen MR) is 141 cm³/mol. The lowest BCUT2D eigenvalue weighted by Gasteiger charge is -2.37. The van der Waals surface area contributed by atoms with Gasteiger partial charge in [0.15, 0.2) is 0 Å². The predicted octanol–water partition coefficient (Wildman–Crippen LogP) is 5.48. The van der Waals surface area contributed by atoms with Crippen LogP contribution in [-0.4, -0.2) is 41.1 Å². The van der Waals surface area contributed by atoms with Crippen molar-refractivity contribution < 1.29 is 0 Å². The van der Waals surface area contributed by atoms with Crippen LogP contribution in [0.3, 0.4) is 0 Å². The summed E-state index contributed by atoms with van der Waals surface area (Å²) in [5, 5.41) is 1.25. The molecule has 1 aliphatic heterocycles. The molecule has 4 aromatic rings. The standard InChI is InChI=1S/C29H33N5/c1-19-9-11-24(12-10-19)18-26-22(4)30-23(5)31-29(26)34-15-13-33(14-16-34)27-17-21(3)25-8-6-7-20(2)28(25)32-27/h6-12,17H,13-16,18H2,1-5H3. The SMILES string of the molecule is Cc1ccc(Cc2c(C)nc(C)nc2N2CCN(c3cc(C)c4cccc(C)c4n3)CC2)cc1. The summed E-state index contributed by atoms with van der Waals surface area (Å²) < 4.78 is 0. The molecular weight excluding hydrogens is 418 g/mol. The Balaban J connectivity index is 1.39. The summed E-state index contributed by atoms with van der Waals surface area (Å²) in [7, 11) is 0. The molecular formula is C29H33N5. The van der Waals surface area contributed by atoms with E-state index in [1.165, 1.54) is 33.2 Å². The Morgan fingerprint density at radius 2 is 1.44 bits per heavy atom. The maximum absolute atomic E-state index is 5.05. The molecule has 0 spiro atoms. The average molecular weight is 452 g/mol. The van der Waals surface area contributed by atoms with E-state index in [1.807, 2.05) is 6.92 Å². The van der Waals surface area contributed by atoms with E-state index in [0.29, 0.717) is 0 Å². The Morgan fingerprint density at radius 1 is 0.735 bits per heavy atom. The number of para-hydroxylation sites is 1. The third-order valence-corrected chi connectivity index (χ3v) is 6.94.